The highest BCUT2D eigenvalue weighted by molar-refractivity contribution is 9.10. The molecule has 0 saturated carbocycles. The Balaban J connectivity index is 2.24. The van der Waals surface area contributed by atoms with Crippen LogP contribution in [0.15, 0.2) is 40.9 Å². The predicted molar refractivity (Wildman–Crippen MR) is 76.7 cm³/mol. The van der Waals surface area contributed by atoms with Crippen LogP contribution < -0.4 is 10.1 Å². The highest BCUT2D eigenvalue weighted by Crippen LogP contribution is 2.29. The second kappa shape index (κ2) is 5.92. The molecule has 6 heteroatoms. The minimum atomic E-state index is -0.636. The first-order valence-corrected chi connectivity index (χ1v) is 6.44. The zero-order valence-corrected chi connectivity index (χ0v) is 12.1. The number of halogens is 2. The van der Waals surface area contributed by atoms with Crippen molar-refractivity contribution in [1.29, 1.82) is 0 Å². The topological polar surface area (TPSA) is 58.6 Å². The number of aromatic hydroxyl groups is 1. The number of rotatable bonds is 3. The van der Waals surface area contributed by atoms with Crippen LogP contribution >= 0.6 is 15.9 Å². The van der Waals surface area contributed by atoms with Gasteiger partial charge in [-0.25, -0.2) is 4.39 Å². The minimum Gasteiger partial charge on any atom is -0.504 e. The number of nitrogens with one attached hydrogen (secondary N) is 1. The summed E-state index contributed by atoms with van der Waals surface area (Å²) >= 11 is 3.02. The van der Waals surface area contributed by atoms with Crippen molar-refractivity contribution in [2.75, 3.05) is 12.4 Å². The molecule has 0 aliphatic rings. The molecule has 0 atom stereocenters. The maximum Gasteiger partial charge on any atom is 0.258 e. The molecule has 0 heterocycles. The molecule has 0 unspecified atom stereocenters. The highest BCUT2D eigenvalue weighted by atomic mass is 79.9. The van der Waals surface area contributed by atoms with E-state index in [2.05, 4.69) is 21.2 Å². The molecule has 0 aromatic heterocycles. The molecule has 2 aromatic carbocycles. The van der Waals surface area contributed by atoms with Gasteiger partial charge in [-0.3, -0.25) is 4.79 Å². The summed E-state index contributed by atoms with van der Waals surface area (Å²) in [7, 11) is 1.42. The third-order valence-corrected chi connectivity index (χ3v) is 3.25. The lowest BCUT2D eigenvalue weighted by Gasteiger charge is -2.09. The molecular formula is C14H11BrFNO3. The van der Waals surface area contributed by atoms with Gasteiger partial charge < -0.3 is 15.2 Å². The number of phenols is 1. The minimum absolute atomic E-state index is 0.0883. The maximum absolute atomic E-state index is 13.8. The Morgan fingerprint density at radius 2 is 2.10 bits per heavy atom. The first-order chi connectivity index (χ1) is 9.52. The van der Waals surface area contributed by atoms with Gasteiger partial charge in [-0.1, -0.05) is 6.07 Å². The molecular weight excluding hydrogens is 329 g/mol. The SMILES string of the molecule is COc1ccc(NC(=O)c2cccc(Br)c2F)cc1O. The van der Waals surface area contributed by atoms with Crippen LogP contribution in [-0.2, 0) is 0 Å². The van der Waals surface area contributed by atoms with Crippen molar-refractivity contribution in [3.63, 3.8) is 0 Å². The summed E-state index contributed by atoms with van der Waals surface area (Å²) in [6.45, 7) is 0. The van der Waals surface area contributed by atoms with E-state index in [1.54, 1.807) is 12.1 Å². The van der Waals surface area contributed by atoms with Gasteiger partial charge in [0.2, 0.25) is 0 Å². The zero-order valence-electron chi connectivity index (χ0n) is 10.5. The van der Waals surface area contributed by atoms with Crippen molar-refractivity contribution in [2.24, 2.45) is 0 Å². The molecule has 2 rings (SSSR count). The van der Waals surface area contributed by atoms with Crippen molar-refractivity contribution in [1.82, 2.24) is 0 Å². The summed E-state index contributed by atoms with van der Waals surface area (Å²) in [5, 5.41) is 12.1. The first-order valence-electron chi connectivity index (χ1n) is 5.65. The molecule has 4 nitrogen and oxygen atoms in total. The summed E-state index contributed by atoms with van der Waals surface area (Å²) in [5.41, 5.74) is 0.252. The monoisotopic (exact) mass is 339 g/mol. The maximum atomic E-state index is 13.8. The van der Waals surface area contributed by atoms with Gasteiger partial charge in [-0.2, -0.15) is 0 Å². The molecule has 2 N–H and O–H groups in total. The molecule has 0 radical (unpaired) electrons. The van der Waals surface area contributed by atoms with E-state index in [1.165, 1.54) is 31.4 Å². The lowest BCUT2D eigenvalue weighted by molar-refractivity contribution is 0.102. The molecule has 104 valence electrons. The van der Waals surface area contributed by atoms with Crippen LogP contribution in [0.1, 0.15) is 10.4 Å². The number of hydrogen-bond acceptors (Lipinski definition) is 3. The number of hydrogen-bond donors (Lipinski definition) is 2. The lowest BCUT2D eigenvalue weighted by Crippen LogP contribution is -2.13. The summed E-state index contributed by atoms with van der Waals surface area (Å²) in [6.07, 6.45) is 0. The number of ether oxygens (including phenoxy) is 1. The van der Waals surface area contributed by atoms with Crippen LogP contribution in [0.2, 0.25) is 0 Å². The molecule has 1 amide bonds. The van der Waals surface area contributed by atoms with E-state index in [0.29, 0.717) is 5.69 Å². The Labute approximate surface area is 123 Å². The smallest absolute Gasteiger partial charge is 0.258 e. The third kappa shape index (κ3) is 2.91. The van der Waals surface area contributed by atoms with Crippen molar-refractivity contribution in [2.45, 2.75) is 0 Å². The number of benzene rings is 2. The summed E-state index contributed by atoms with van der Waals surface area (Å²) < 4.78 is 18.9. The number of anilines is 1. The van der Waals surface area contributed by atoms with Gasteiger partial charge in [0, 0.05) is 11.8 Å². The summed E-state index contributed by atoms with van der Waals surface area (Å²) in [4.78, 5) is 12.0. The largest absolute Gasteiger partial charge is 0.504 e. The summed E-state index contributed by atoms with van der Waals surface area (Å²) in [5.74, 6) is -1.06. The average molecular weight is 340 g/mol. The van der Waals surface area contributed by atoms with Gasteiger partial charge in [-0.15, -0.1) is 0 Å². The standard InChI is InChI=1S/C14H11BrFNO3/c1-20-12-6-5-8(7-11(12)18)17-14(19)9-3-2-4-10(15)13(9)16/h2-7,18H,1H3,(H,17,19). The van der Waals surface area contributed by atoms with Gasteiger partial charge in [0.1, 0.15) is 5.82 Å². The van der Waals surface area contributed by atoms with Crippen LogP contribution in [0.3, 0.4) is 0 Å². The number of carbonyl (C=O) groups excluding carboxylic acids is 1. The number of methoxy groups -OCH3 is 1. The van der Waals surface area contributed by atoms with Crippen molar-refractivity contribution < 1.29 is 19.0 Å². The molecule has 0 spiro atoms. The van der Waals surface area contributed by atoms with Gasteiger partial charge >= 0.3 is 0 Å². The van der Waals surface area contributed by atoms with Gasteiger partial charge in [-0.05, 0) is 40.2 Å². The normalized spacial score (nSPS) is 10.2. The van der Waals surface area contributed by atoms with Crippen LogP contribution in [-0.4, -0.2) is 18.1 Å². The Morgan fingerprint density at radius 3 is 2.75 bits per heavy atom. The first kappa shape index (κ1) is 14.3. The second-order valence-electron chi connectivity index (χ2n) is 3.94. The molecule has 2 aromatic rings. The van der Waals surface area contributed by atoms with Gasteiger partial charge in [0.05, 0.1) is 17.1 Å². The molecule has 20 heavy (non-hydrogen) atoms. The van der Waals surface area contributed by atoms with E-state index in [0.717, 1.165) is 0 Å². The molecule has 0 saturated heterocycles. The Hall–Kier alpha value is -2.08. The molecule has 0 aliphatic carbocycles. The average Bonchev–Trinajstić information content (AvgIpc) is 2.42. The second-order valence-corrected chi connectivity index (χ2v) is 4.80. The number of amides is 1. The van der Waals surface area contributed by atoms with Crippen LogP contribution in [0.25, 0.3) is 0 Å². The van der Waals surface area contributed by atoms with Crippen molar-refractivity contribution in [3.8, 4) is 11.5 Å². The number of carbonyl (C=O) groups is 1. The van der Waals surface area contributed by atoms with Gasteiger partial charge in [0.25, 0.3) is 5.91 Å². The van der Waals surface area contributed by atoms with Gasteiger partial charge in [0.15, 0.2) is 11.5 Å². The third-order valence-electron chi connectivity index (χ3n) is 2.63. The van der Waals surface area contributed by atoms with Crippen LogP contribution in [0, 0.1) is 5.82 Å². The van der Waals surface area contributed by atoms with Crippen LogP contribution in [0.4, 0.5) is 10.1 Å². The molecule has 0 fully saturated rings. The highest BCUT2D eigenvalue weighted by Gasteiger charge is 2.14. The Morgan fingerprint density at radius 1 is 1.35 bits per heavy atom. The number of phenolic OH excluding ortho intramolecular Hbond substituents is 1. The Bertz CT molecular complexity index is 661. The molecule has 0 aliphatic heterocycles. The van der Waals surface area contributed by atoms with Crippen LogP contribution in [0.5, 0.6) is 11.5 Å². The van der Waals surface area contributed by atoms with E-state index < -0.39 is 11.7 Å². The van der Waals surface area contributed by atoms with Crippen molar-refractivity contribution >= 4 is 27.5 Å². The Kier molecular flexibility index (Phi) is 4.24. The van der Waals surface area contributed by atoms with E-state index in [-0.39, 0.29) is 21.5 Å². The predicted octanol–water partition coefficient (Wildman–Crippen LogP) is 3.55. The van der Waals surface area contributed by atoms with E-state index in [9.17, 15) is 14.3 Å². The quantitative estimate of drug-likeness (QED) is 0.898. The molecule has 0 bridgehead atoms. The van der Waals surface area contributed by atoms with E-state index >= 15 is 0 Å². The lowest BCUT2D eigenvalue weighted by atomic mass is 10.2. The van der Waals surface area contributed by atoms with E-state index in [1.807, 2.05) is 0 Å². The summed E-state index contributed by atoms with van der Waals surface area (Å²) in [6, 6.07) is 8.82. The van der Waals surface area contributed by atoms with Crippen molar-refractivity contribution in [3.05, 3.63) is 52.3 Å². The van der Waals surface area contributed by atoms with E-state index in [4.69, 9.17) is 4.74 Å². The fourth-order valence-electron chi connectivity index (χ4n) is 1.65. The fourth-order valence-corrected chi connectivity index (χ4v) is 2.01. The fraction of sp³-hybridized carbons (Fsp3) is 0.0714. The zero-order chi connectivity index (χ0) is 14.7.